The molecule has 1 aliphatic heterocycles. The van der Waals surface area contributed by atoms with Crippen LogP contribution in [0.15, 0.2) is 42.7 Å². The van der Waals surface area contributed by atoms with E-state index in [4.69, 9.17) is 16.3 Å². The van der Waals surface area contributed by atoms with Crippen molar-refractivity contribution in [3.05, 3.63) is 58.9 Å². The van der Waals surface area contributed by atoms with Crippen molar-refractivity contribution in [1.29, 1.82) is 0 Å². The number of pyridine rings is 2. The lowest BCUT2D eigenvalue weighted by Crippen LogP contribution is -2.38. The standard InChI is InChI=1S/C21H21ClN4O3/c1-13(27)25-18(15-5-3-7-24-21(15)26-8-10-29-11-9-26)16-12-17(22)14-4-2-6-23-19(14)20(16)28/h2-7,12,18,28H,8-11H2,1H3,(H,25,27). The maximum Gasteiger partial charge on any atom is 0.217 e. The third-order valence-electron chi connectivity index (χ3n) is 4.94. The summed E-state index contributed by atoms with van der Waals surface area (Å²) in [5.41, 5.74) is 1.63. The molecule has 3 heterocycles. The molecule has 1 unspecified atom stereocenters. The van der Waals surface area contributed by atoms with Crippen LogP contribution >= 0.6 is 11.6 Å². The summed E-state index contributed by atoms with van der Waals surface area (Å²) in [5, 5.41) is 15.0. The van der Waals surface area contributed by atoms with Crippen molar-refractivity contribution in [1.82, 2.24) is 15.3 Å². The van der Waals surface area contributed by atoms with E-state index in [0.29, 0.717) is 47.8 Å². The van der Waals surface area contributed by atoms with Crippen LogP contribution in [0, 0.1) is 0 Å². The molecule has 1 aromatic carbocycles. The first-order valence-electron chi connectivity index (χ1n) is 9.37. The minimum atomic E-state index is -0.636. The number of aromatic nitrogens is 2. The molecule has 0 aliphatic carbocycles. The average Bonchev–Trinajstić information content (AvgIpc) is 2.75. The molecule has 0 radical (unpaired) electrons. The van der Waals surface area contributed by atoms with Gasteiger partial charge in [-0.25, -0.2) is 4.98 Å². The first kappa shape index (κ1) is 19.4. The lowest BCUT2D eigenvalue weighted by atomic mass is 9.96. The van der Waals surface area contributed by atoms with Gasteiger partial charge < -0.3 is 20.1 Å². The number of phenols is 1. The normalized spacial score (nSPS) is 15.3. The molecule has 7 nitrogen and oxygen atoms in total. The van der Waals surface area contributed by atoms with Gasteiger partial charge in [0, 0.05) is 48.9 Å². The molecule has 8 heteroatoms. The number of nitrogens with one attached hydrogen (secondary N) is 1. The zero-order valence-electron chi connectivity index (χ0n) is 15.9. The van der Waals surface area contributed by atoms with E-state index in [0.717, 1.165) is 11.4 Å². The molecule has 1 fully saturated rings. The fraction of sp³-hybridized carbons (Fsp3) is 0.286. The van der Waals surface area contributed by atoms with E-state index in [1.165, 1.54) is 6.92 Å². The largest absolute Gasteiger partial charge is 0.505 e. The smallest absolute Gasteiger partial charge is 0.217 e. The highest BCUT2D eigenvalue weighted by Gasteiger charge is 2.27. The number of benzene rings is 1. The van der Waals surface area contributed by atoms with Gasteiger partial charge in [0.1, 0.15) is 17.1 Å². The second-order valence-corrected chi connectivity index (χ2v) is 7.25. The molecule has 1 amide bonds. The number of anilines is 1. The summed E-state index contributed by atoms with van der Waals surface area (Å²) < 4.78 is 5.45. The molecular formula is C21H21ClN4O3. The Morgan fingerprint density at radius 1 is 1.21 bits per heavy atom. The van der Waals surface area contributed by atoms with Crippen molar-refractivity contribution in [2.24, 2.45) is 0 Å². The highest BCUT2D eigenvalue weighted by molar-refractivity contribution is 6.35. The number of amides is 1. The van der Waals surface area contributed by atoms with Crippen LogP contribution in [0.1, 0.15) is 24.1 Å². The van der Waals surface area contributed by atoms with E-state index in [9.17, 15) is 9.90 Å². The topological polar surface area (TPSA) is 87.6 Å². The Kier molecular flexibility index (Phi) is 5.51. The van der Waals surface area contributed by atoms with Gasteiger partial charge in [-0.3, -0.25) is 9.78 Å². The van der Waals surface area contributed by atoms with Gasteiger partial charge in [0.05, 0.1) is 24.3 Å². The Morgan fingerprint density at radius 3 is 2.69 bits per heavy atom. The second-order valence-electron chi connectivity index (χ2n) is 6.84. The number of morpholine rings is 1. The maximum atomic E-state index is 12.1. The number of rotatable bonds is 4. The molecule has 0 spiro atoms. The molecule has 29 heavy (non-hydrogen) atoms. The number of fused-ring (bicyclic) bond motifs is 1. The van der Waals surface area contributed by atoms with Gasteiger partial charge in [-0.05, 0) is 24.3 Å². The number of nitrogens with zero attached hydrogens (tertiary/aromatic N) is 3. The zero-order chi connectivity index (χ0) is 20.4. The van der Waals surface area contributed by atoms with E-state index in [1.807, 2.05) is 12.1 Å². The number of hydrogen-bond acceptors (Lipinski definition) is 6. The van der Waals surface area contributed by atoms with E-state index in [2.05, 4.69) is 20.2 Å². The predicted molar refractivity (Wildman–Crippen MR) is 111 cm³/mol. The Hall–Kier alpha value is -2.90. The number of aromatic hydroxyl groups is 1. The van der Waals surface area contributed by atoms with Crippen LogP contribution in [-0.4, -0.2) is 47.3 Å². The van der Waals surface area contributed by atoms with E-state index in [1.54, 1.807) is 30.6 Å². The Morgan fingerprint density at radius 2 is 1.93 bits per heavy atom. The van der Waals surface area contributed by atoms with Gasteiger partial charge in [-0.15, -0.1) is 0 Å². The number of carbonyl (C=O) groups excluding carboxylic acids is 1. The fourth-order valence-corrected chi connectivity index (χ4v) is 3.90. The summed E-state index contributed by atoms with van der Waals surface area (Å²) in [6.07, 6.45) is 3.31. The summed E-state index contributed by atoms with van der Waals surface area (Å²) in [7, 11) is 0. The Bertz CT molecular complexity index is 1050. The number of phenolic OH excluding ortho intramolecular Hbond substituents is 1. The molecule has 1 aliphatic rings. The van der Waals surface area contributed by atoms with Crippen LogP contribution in [0.25, 0.3) is 10.9 Å². The molecule has 1 saturated heterocycles. The third kappa shape index (κ3) is 3.83. The van der Waals surface area contributed by atoms with Gasteiger partial charge >= 0.3 is 0 Å². The first-order valence-corrected chi connectivity index (χ1v) is 9.75. The van der Waals surface area contributed by atoms with Gasteiger partial charge in [0.15, 0.2) is 0 Å². The van der Waals surface area contributed by atoms with Crippen molar-refractivity contribution in [2.75, 3.05) is 31.2 Å². The van der Waals surface area contributed by atoms with Gasteiger partial charge in [0.25, 0.3) is 0 Å². The average molecular weight is 413 g/mol. The molecule has 150 valence electrons. The van der Waals surface area contributed by atoms with Gasteiger partial charge in [-0.2, -0.15) is 0 Å². The monoisotopic (exact) mass is 412 g/mol. The number of hydrogen-bond donors (Lipinski definition) is 2. The minimum absolute atomic E-state index is 0.0134. The Balaban J connectivity index is 1.88. The van der Waals surface area contributed by atoms with Crippen LogP contribution in [0.5, 0.6) is 5.75 Å². The highest BCUT2D eigenvalue weighted by atomic mass is 35.5. The molecular weight excluding hydrogens is 392 g/mol. The zero-order valence-corrected chi connectivity index (χ0v) is 16.7. The number of carbonyl (C=O) groups is 1. The quantitative estimate of drug-likeness (QED) is 0.684. The van der Waals surface area contributed by atoms with Crippen LogP contribution in [0.3, 0.4) is 0 Å². The van der Waals surface area contributed by atoms with Crippen LogP contribution < -0.4 is 10.2 Å². The van der Waals surface area contributed by atoms with E-state index >= 15 is 0 Å². The van der Waals surface area contributed by atoms with Crippen molar-refractivity contribution >= 4 is 34.2 Å². The highest BCUT2D eigenvalue weighted by Crippen LogP contribution is 2.40. The van der Waals surface area contributed by atoms with Crippen molar-refractivity contribution < 1.29 is 14.6 Å². The van der Waals surface area contributed by atoms with Crippen molar-refractivity contribution in [3.63, 3.8) is 0 Å². The molecule has 0 saturated carbocycles. The molecule has 3 aromatic rings. The molecule has 2 aromatic heterocycles. The third-order valence-corrected chi connectivity index (χ3v) is 5.25. The van der Waals surface area contributed by atoms with Crippen molar-refractivity contribution in [3.8, 4) is 5.75 Å². The van der Waals surface area contributed by atoms with E-state index in [-0.39, 0.29) is 11.7 Å². The lowest BCUT2D eigenvalue weighted by Gasteiger charge is -2.31. The van der Waals surface area contributed by atoms with Crippen molar-refractivity contribution in [2.45, 2.75) is 13.0 Å². The summed E-state index contributed by atoms with van der Waals surface area (Å²) in [4.78, 5) is 23.0. The SMILES string of the molecule is CC(=O)NC(c1cccnc1N1CCOCC1)c1cc(Cl)c2cccnc2c1O. The lowest BCUT2D eigenvalue weighted by molar-refractivity contribution is -0.119. The van der Waals surface area contributed by atoms with Crippen LogP contribution in [0.2, 0.25) is 5.02 Å². The molecule has 1 atom stereocenters. The fourth-order valence-electron chi connectivity index (χ4n) is 3.63. The number of ether oxygens (including phenoxy) is 1. The van der Waals surface area contributed by atoms with Crippen LogP contribution in [-0.2, 0) is 9.53 Å². The summed E-state index contributed by atoms with van der Waals surface area (Å²) >= 11 is 6.48. The maximum absolute atomic E-state index is 12.1. The molecule has 2 N–H and O–H groups in total. The first-order chi connectivity index (χ1) is 14.1. The predicted octanol–water partition coefficient (Wildman–Crippen LogP) is 3.05. The minimum Gasteiger partial charge on any atom is -0.505 e. The Labute approximate surface area is 173 Å². The van der Waals surface area contributed by atoms with Crippen LogP contribution in [0.4, 0.5) is 5.82 Å². The van der Waals surface area contributed by atoms with E-state index < -0.39 is 6.04 Å². The number of halogens is 1. The second kappa shape index (κ2) is 8.23. The van der Waals surface area contributed by atoms with Gasteiger partial charge in [-0.1, -0.05) is 17.7 Å². The summed E-state index contributed by atoms with van der Waals surface area (Å²) in [6.45, 7) is 4.05. The summed E-state index contributed by atoms with van der Waals surface area (Å²) in [5.74, 6) is 0.496. The van der Waals surface area contributed by atoms with Gasteiger partial charge in [0.2, 0.25) is 5.91 Å². The summed E-state index contributed by atoms with van der Waals surface area (Å²) in [6, 6.07) is 8.31. The molecule has 0 bridgehead atoms. The molecule has 4 rings (SSSR count).